The Morgan fingerprint density at radius 1 is 1.13 bits per heavy atom. The standard InChI is InChI=1S/C11H12F2O2/c1-7-5-9-10(15-4-3-14-9)6-8(7)11(2,12)13/h5-6H,3-4H2,1-2H3. The van der Waals surface area contributed by atoms with Gasteiger partial charge in [0.1, 0.15) is 13.2 Å². The maximum Gasteiger partial charge on any atom is 0.270 e. The van der Waals surface area contributed by atoms with E-state index in [1.165, 1.54) is 6.07 Å². The fraction of sp³-hybridized carbons (Fsp3) is 0.455. The van der Waals surface area contributed by atoms with Gasteiger partial charge in [-0.05, 0) is 24.6 Å². The molecule has 4 heteroatoms. The predicted molar refractivity (Wildman–Crippen MR) is 51.7 cm³/mol. The molecule has 2 nitrogen and oxygen atoms in total. The molecular formula is C11H12F2O2. The van der Waals surface area contributed by atoms with Crippen LogP contribution in [0.1, 0.15) is 18.1 Å². The highest BCUT2D eigenvalue weighted by molar-refractivity contribution is 5.48. The van der Waals surface area contributed by atoms with Crippen LogP contribution in [0.15, 0.2) is 12.1 Å². The molecule has 0 saturated heterocycles. The predicted octanol–water partition coefficient (Wildman–Crippen LogP) is 2.88. The summed E-state index contributed by atoms with van der Waals surface area (Å²) in [6.45, 7) is 3.40. The van der Waals surface area contributed by atoms with Gasteiger partial charge in [0.05, 0.1) is 0 Å². The van der Waals surface area contributed by atoms with Gasteiger partial charge in [-0.3, -0.25) is 0 Å². The third kappa shape index (κ3) is 1.89. The van der Waals surface area contributed by atoms with E-state index in [9.17, 15) is 8.78 Å². The average molecular weight is 214 g/mol. The molecule has 0 spiro atoms. The van der Waals surface area contributed by atoms with Crippen LogP contribution in [0.25, 0.3) is 0 Å². The second-order valence-electron chi connectivity index (χ2n) is 3.70. The van der Waals surface area contributed by atoms with Gasteiger partial charge in [0.2, 0.25) is 0 Å². The molecule has 1 aliphatic heterocycles. The number of benzene rings is 1. The first-order chi connectivity index (χ1) is 6.98. The van der Waals surface area contributed by atoms with Crippen molar-refractivity contribution in [2.24, 2.45) is 0 Å². The summed E-state index contributed by atoms with van der Waals surface area (Å²) >= 11 is 0. The zero-order valence-corrected chi connectivity index (χ0v) is 8.64. The molecule has 1 aromatic rings. The van der Waals surface area contributed by atoms with Crippen LogP contribution in [-0.2, 0) is 5.92 Å². The van der Waals surface area contributed by atoms with E-state index in [0.29, 0.717) is 30.3 Å². The van der Waals surface area contributed by atoms with E-state index in [0.717, 1.165) is 6.92 Å². The smallest absolute Gasteiger partial charge is 0.270 e. The molecule has 0 N–H and O–H groups in total. The molecule has 0 saturated carbocycles. The molecule has 0 aliphatic carbocycles. The minimum Gasteiger partial charge on any atom is -0.486 e. The summed E-state index contributed by atoms with van der Waals surface area (Å²) in [5.74, 6) is -1.89. The third-order valence-corrected chi connectivity index (χ3v) is 2.36. The first kappa shape index (κ1) is 10.2. The Hall–Kier alpha value is -1.32. The molecule has 0 radical (unpaired) electrons. The van der Waals surface area contributed by atoms with Gasteiger partial charge in [-0.1, -0.05) is 0 Å². The van der Waals surface area contributed by atoms with Crippen LogP contribution in [-0.4, -0.2) is 13.2 Å². The van der Waals surface area contributed by atoms with Crippen LogP contribution >= 0.6 is 0 Å². The number of fused-ring (bicyclic) bond motifs is 1. The van der Waals surface area contributed by atoms with Gasteiger partial charge in [0.15, 0.2) is 11.5 Å². The summed E-state index contributed by atoms with van der Waals surface area (Å²) in [5, 5.41) is 0. The first-order valence-electron chi connectivity index (χ1n) is 4.77. The molecule has 0 bridgehead atoms. The summed E-state index contributed by atoms with van der Waals surface area (Å²) in [6, 6.07) is 2.96. The van der Waals surface area contributed by atoms with Gasteiger partial charge in [-0.15, -0.1) is 0 Å². The van der Waals surface area contributed by atoms with Crippen LogP contribution in [0.4, 0.5) is 8.78 Å². The van der Waals surface area contributed by atoms with Crippen molar-refractivity contribution in [1.29, 1.82) is 0 Å². The molecule has 0 amide bonds. The largest absolute Gasteiger partial charge is 0.486 e. The van der Waals surface area contributed by atoms with Crippen molar-refractivity contribution in [2.45, 2.75) is 19.8 Å². The minimum absolute atomic E-state index is 0.00764. The Bertz CT molecular complexity index is 383. The van der Waals surface area contributed by atoms with E-state index in [-0.39, 0.29) is 5.56 Å². The Kier molecular flexibility index (Phi) is 2.29. The van der Waals surface area contributed by atoms with Crippen LogP contribution in [0.5, 0.6) is 11.5 Å². The van der Waals surface area contributed by atoms with Gasteiger partial charge in [-0.2, -0.15) is 0 Å². The summed E-state index contributed by atoms with van der Waals surface area (Å²) in [5.41, 5.74) is 0.513. The van der Waals surface area contributed by atoms with E-state index in [4.69, 9.17) is 9.47 Å². The highest BCUT2D eigenvalue weighted by atomic mass is 19.3. The quantitative estimate of drug-likeness (QED) is 0.715. The van der Waals surface area contributed by atoms with Gasteiger partial charge in [0, 0.05) is 12.5 Å². The van der Waals surface area contributed by atoms with Crippen molar-refractivity contribution in [1.82, 2.24) is 0 Å². The molecular weight excluding hydrogens is 202 g/mol. The van der Waals surface area contributed by atoms with Gasteiger partial charge in [-0.25, -0.2) is 8.78 Å². The molecule has 1 aliphatic rings. The number of rotatable bonds is 1. The molecule has 0 unspecified atom stereocenters. The highest BCUT2D eigenvalue weighted by Crippen LogP contribution is 2.38. The number of hydrogen-bond donors (Lipinski definition) is 0. The van der Waals surface area contributed by atoms with E-state index in [2.05, 4.69) is 0 Å². The molecule has 1 aromatic carbocycles. The van der Waals surface area contributed by atoms with Crippen LogP contribution in [0, 0.1) is 6.92 Å². The van der Waals surface area contributed by atoms with Crippen molar-refractivity contribution in [2.75, 3.05) is 13.2 Å². The number of halogens is 2. The van der Waals surface area contributed by atoms with Crippen molar-refractivity contribution < 1.29 is 18.3 Å². The molecule has 0 fully saturated rings. The van der Waals surface area contributed by atoms with Crippen molar-refractivity contribution in [3.8, 4) is 11.5 Å². The topological polar surface area (TPSA) is 18.5 Å². The van der Waals surface area contributed by atoms with E-state index in [1.54, 1.807) is 13.0 Å². The van der Waals surface area contributed by atoms with Crippen molar-refractivity contribution in [3.63, 3.8) is 0 Å². The molecule has 82 valence electrons. The second kappa shape index (κ2) is 3.36. The first-order valence-corrected chi connectivity index (χ1v) is 4.77. The van der Waals surface area contributed by atoms with Crippen LogP contribution in [0.2, 0.25) is 0 Å². The number of hydrogen-bond acceptors (Lipinski definition) is 2. The van der Waals surface area contributed by atoms with E-state index in [1.807, 2.05) is 0 Å². The Morgan fingerprint density at radius 3 is 2.20 bits per heavy atom. The number of ether oxygens (including phenoxy) is 2. The Labute approximate surface area is 86.8 Å². The normalized spacial score (nSPS) is 15.2. The average Bonchev–Trinajstić information content (AvgIpc) is 2.15. The Balaban J connectivity index is 2.50. The summed E-state index contributed by atoms with van der Waals surface area (Å²) in [4.78, 5) is 0. The highest BCUT2D eigenvalue weighted by Gasteiger charge is 2.28. The van der Waals surface area contributed by atoms with E-state index >= 15 is 0 Å². The third-order valence-electron chi connectivity index (χ3n) is 2.36. The summed E-state index contributed by atoms with van der Waals surface area (Å²) in [7, 11) is 0. The molecule has 0 aromatic heterocycles. The van der Waals surface area contributed by atoms with Gasteiger partial charge in [0.25, 0.3) is 5.92 Å². The molecule has 0 atom stereocenters. The second-order valence-corrected chi connectivity index (χ2v) is 3.70. The number of aryl methyl sites for hydroxylation is 1. The van der Waals surface area contributed by atoms with Crippen molar-refractivity contribution >= 4 is 0 Å². The SMILES string of the molecule is Cc1cc2c(cc1C(C)(F)F)OCCO2. The fourth-order valence-electron chi connectivity index (χ4n) is 1.66. The van der Waals surface area contributed by atoms with Gasteiger partial charge < -0.3 is 9.47 Å². The maximum atomic E-state index is 13.2. The molecule has 1 heterocycles. The minimum atomic E-state index is -2.85. The van der Waals surface area contributed by atoms with E-state index < -0.39 is 5.92 Å². The summed E-state index contributed by atoms with van der Waals surface area (Å²) in [6.07, 6.45) is 0. The zero-order valence-electron chi connectivity index (χ0n) is 8.64. The van der Waals surface area contributed by atoms with Crippen LogP contribution < -0.4 is 9.47 Å². The lowest BCUT2D eigenvalue weighted by atomic mass is 10.0. The van der Waals surface area contributed by atoms with Crippen LogP contribution in [0.3, 0.4) is 0 Å². The molecule has 15 heavy (non-hydrogen) atoms. The fourth-order valence-corrected chi connectivity index (χ4v) is 1.66. The maximum absolute atomic E-state index is 13.2. The molecule has 2 rings (SSSR count). The van der Waals surface area contributed by atoms with Gasteiger partial charge >= 0.3 is 0 Å². The number of alkyl halides is 2. The lowest BCUT2D eigenvalue weighted by molar-refractivity contribution is 0.0162. The van der Waals surface area contributed by atoms with Crippen molar-refractivity contribution in [3.05, 3.63) is 23.3 Å². The lowest BCUT2D eigenvalue weighted by Crippen LogP contribution is -2.17. The monoisotopic (exact) mass is 214 g/mol. The zero-order chi connectivity index (χ0) is 11.1. The lowest BCUT2D eigenvalue weighted by Gasteiger charge is -2.22. The summed E-state index contributed by atoms with van der Waals surface area (Å²) < 4.78 is 36.9. The Morgan fingerprint density at radius 2 is 1.67 bits per heavy atom.